The topological polar surface area (TPSA) is 30.5 Å². The van der Waals surface area contributed by atoms with Crippen LogP contribution in [0.3, 0.4) is 0 Å². The summed E-state index contributed by atoms with van der Waals surface area (Å²) < 4.78 is 11.5. The van der Waals surface area contributed by atoms with Crippen LogP contribution >= 0.6 is 0 Å². The molecule has 0 spiro atoms. The van der Waals surface area contributed by atoms with Crippen LogP contribution in [0.1, 0.15) is 39.0 Å². The second-order valence-corrected chi connectivity index (χ2v) is 6.32. The van der Waals surface area contributed by atoms with E-state index in [1.165, 1.54) is 32.1 Å². The van der Waals surface area contributed by atoms with Gasteiger partial charge in [-0.1, -0.05) is 13.3 Å². The molecule has 1 heterocycles. The number of hydrogen-bond acceptors (Lipinski definition) is 3. The van der Waals surface area contributed by atoms with Gasteiger partial charge in [0.05, 0.1) is 25.9 Å². The van der Waals surface area contributed by atoms with Crippen LogP contribution in [0.2, 0.25) is 0 Å². The van der Waals surface area contributed by atoms with Crippen molar-refractivity contribution in [1.29, 1.82) is 0 Å². The lowest BCUT2D eigenvalue weighted by molar-refractivity contribution is -0.104. The van der Waals surface area contributed by atoms with Crippen molar-refractivity contribution in [3.63, 3.8) is 0 Å². The Hall–Kier alpha value is -0.120. The van der Waals surface area contributed by atoms with E-state index in [0.29, 0.717) is 6.04 Å². The summed E-state index contributed by atoms with van der Waals surface area (Å²) in [6.45, 7) is 5.54. The zero-order valence-corrected chi connectivity index (χ0v) is 11.6. The third-order valence-electron chi connectivity index (χ3n) is 5.20. The second kappa shape index (κ2) is 5.89. The molecule has 5 atom stereocenters. The van der Waals surface area contributed by atoms with Gasteiger partial charge in [0.15, 0.2) is 0 Å². The number of ether oxygens (including phenoxy) is 2. The fraction of sp³-hybridized carbons (Fsp3) is 1.00. The quantitative estimate of drug-likeness (QED) is 0.815. The highest BCUT2D eigenvalue weighted by Crippen LogP contribution is 2.50. The number of rotatable bonds is 5. The van der Waals surface area contributed by atoms with E-state index in [9.17, 15) is 0 Å². The fourth-order valence-electron chi connectivity index (χ4n) is 4.36. The number of hydrogen-bond donors (Lipinski definition) is 1. The molecular formula is C15H27NO2. The smallest absolute Gasteiger partial charge is 0.0962 e. The average molecular weight is 253 g/mol. The van der Waals surface area contributed by atoms with Crippen LogP contribution in [0, 0.1) is 17.8 Å². The van der Waals surface area contributed by atoms with E-state index in [1.807, 2.05) is 0 Å². The highest BCUT2D eigenvalue weighted by molar-refractivity contribution is 4.93. The van der Waals surface area contributed by atoms with Gasteiger partial charge < -0.3 is 14.8 Å². The summed E-state index contributed by atoms with van der Waals surface area (Å²) >= 11 is 0. The summed E-state index contributed by atoms with van der Waals surface area (Å²) in [6.07, 6.45) is 7.53. The Morgan fingerprint density at radius 2 is 2.17 bits per heavy atom. The summed E-state index contributed by atoms with van der Waals surface area (Å²) in [6, 6.07) is 0.500. The zero-order chi connectivity index (χ0) is 12.4. The molecule has 3 rings (SSSR count). The molecule has 0 aromatic rings. The van der Waals surface area contributed by atoms with E-state index < -0.39 is 0 Å². The van der Waals surface area contributed by atoms with Crippen LogP contribution < -0.4 is 5.32 Å². The van der Waals surface area contributed by atoms with Crippen molar-refractivity contribution in [2.24, 2.45) is 17.8 Å². The van der Waals surface area contributed by atoms with Gasteiger partial charge in [-0.3, -0.25) is 0 Å². The molecule has 3 aliphatic rings. The van der Waals surface area contributed by atoms with E-state index in [1.54, 1.807) is 0 Å². The molecule has 1 saturated heterocycles. The monoisotopic (exact) mass is 253 g/mol. The lowest BCUT2D eigenvalue weighted by Crippen LogP contribution is -2.47. The van der Waals surface area contributed by atoms with Gasteiger partial charge in [0.25, 0.3) is 0 Å². The molecule has 18 heavy (non-hydrogen) atoms. The molecule has 104 valence electrons. The molecule has 2 aliphatic carbocycles. The Morgan fingerprint density at radius 1 is 1.22 bits per heavy atom. The minimum atomic E-state index is 0.276. The first-order valence-electron chi connectivity index (χ1n) is 7.79. The predicted molar refractivity (Wildman–Crippen MR) is 71.6 cm³/mol. The standard InChI is InChI=1S/C15H27NO2/c1-2-16-14(15-10-17-5-6-18-15)9-13-8-11-3-4-12(13)7-11/h11-16H,2-10H2,1H3. The van der Waals surface area contributed by atoms with Crippen LogP contribution in [0.4, 0.5) is 0 Å². The van der Waals surface area contributed by atoms with Crippen molar-refractivity contribution in [2.75, 3.05) is 26.4 Å². The summed E-state index contributed by atoms with van der Waals surface area (Å²) in [7, 11) is 0. The molecule has 1 aliphatic heterocycles. The molecule has 2 bridgehead atoms. The van der Waals surface area contributed by atoms with Crippen LogP contribution in [-0.4, -0.2) is 38.5 Å². The van der Waals surface area contributed by atoms with Gasteiger partial charge >= 0.3 is 0 Å². The highest BCUT2D eigenvalue weighted by Gasteiger charge is 2.41. The minimum absolute atomic E-state index is 0.276. The fourth-order valence-corrected chi connectivity index (χ4v) is 4.36. The summed E-state index contributed by atoms with van der Waals surface area (Å²) in [5, 5.41) is 3.63. The van der Waals surface area contributed by atoms with Crippen LogP contribution in [0.25, 0.3) is 0 Å². The van der Waals surface area contributed by atoms with E-state index in [0.717, 1.165) is 44.1 Å². The van der Waals surface area contributed by atoms with E-state index in [-0.39, 0.29) is 6.10 Å². The van der Waals surface area contributed by atoms with Gasteiger partial charge in [-0.15, -0.1) is 0 Å². The molecule has 1 N–H and O–H groups in total. The average Bonchev–Trinajstić information content (AvgIpc) is 3.01. The van der Waals surface area contributed by atoms with Crippen molar-refractivity contribution in [3.8, 4) is 0 Å². The summed E-state index contributed by atoms with van der Waals surface area (Å²) in [5.74, 6) is 3.00. The van der Waals surface area contributed by atoms with Gasteiger partial charge in [0, 0.05) is 6.04 Å². The summed E-state index contributed by atoms with van der Waals surface area (Å²) in [4.78, 5) is 0. The van der Waals surface area contributed by atoms with E-state index in [2.05, 4.69) is 12.2 Å². The van der Waals surface area contributed by atoms with Crippen molar-refractivity contribution in [2.45, 2.75) is 51.2 Å². The highest BCUT2D eigenvalue weighted by atomic mass is 16.6. The first kappa shape index (κ1) is 12.9. The molecule has 2 saturated carbocycles. The van der Waals surface area contributed by atoms with Crippen molar-refractivity contribution in [1.82, 2.24) is 5.32 Å². The first-order valence-corrected chi connectivity index (χ1v) is 7.79. The van der Waals surface area contributed by atoms with Gasteiger partial charge in [-0.25, -0.2) is 0 Å². The SMILES string of the molecule is CCNC(CC1CC2CCC1C2)C1COCCO1. The number of nitrogens with one attached hydrogen (secondary N) is 1. The van der Waals surface area contributed by atoms with Gasteiger partial charge in [0.2, 0.25) is 0 Å². The lowest BCUT2D eigenvalue weighted by Gasteiger charge is -2.34. The molecule has 3 heteroatoms. The number of fused-ring (bicyclic) bond motifs is 2. The molecule has 3 nitrogen and oxygen atoms in total. The molecule has 0 radical (unpaired) electrons. The van der Waals surface area contributed by atoms with Gasteiger partial charge in [-0.2, -0.15) is 0 Å². The Morgan fingerprint density at radius 3 is 2.78 bits per heavy atom. The molecule has 0 aromatic heterocycles. The normalized spacial score (nSPS) is 41.2. The maximum Gasteiger partial charge on any atom is 0.0962 e. The van der Waals surface area contributed by atoms with Gasteiger partial charge in [0.1, 0.15) is 0 Å². The van der Waals surface area contributed by atoms with Gasteiger partial charge in [-0.05, 0) is 50.0 Å². The largest absolute Gasteiger partial charge is 0.376 e. The van der Waals surface area contributed by atoms with Crippen molar-refractivity contribution in [3.05, 3.63) is 0 Å². The van der Waals surface area contributed by atoms with Crippen LogP contribution in [-0.2, 0) is 9.47 Å². The Bertz CT molecular complexity index is 265. The molecule has 3 fully saturated rings. The third kappa shape index (κ3) is 2.73. The maximum absolute atomic E-state index is 5.90. The Balaban J connectivity index is 1.55. The van der Waals surface area contributed by atoms with E-state index >= 15 is 0 Å². The third-order valence-corrected chi connectivity index (χ3v) is 5.20. The predicted octanol–water partition coefficient (Wildman–Crippen LogP) is 2.21. The minimum Gasteiger partial charge on any atom is -0.376 e. The molecule has 0 aromatic carbocycles. The first-order chi connectivity index (χ1) is 8.86. The molecular weight excluding hydrogens is 226 g/mol. The lowest BCUT2D eigenvalue weighted by atomic mass is 9.83. The zero-order valence-electron chi connectivity index (χ0n) is 11.6. The Kier molecular flexibility index (Phi) is 4.22. The summed E-state index contributed by atoms with van der Waals surface area (Å²) in [5.41, 5.74) is 0. The van der Waals surface area contributed by atoms with Crippen molar-refractivity contribution < 1.29 is 9.47 Å². The van der Waals surface area contributed by atoms with Crippen molar-refractivity contribution >= 4 is 0 Å². The van der Waals surface area contributed by atoms with Crippen LogP contribution in [0.15, 0.2) is 0 Å². The van der Waals surface area contributed by atoms with E-state index in [4.69, 9.17) is 9.47 Å². The van der Waals surface area contributed by atoms with Crippen LogP contribution in [0.5, 0.6) is 0 Å². The second-order valence-electron chi connectivity index (χ2n) is 6.32. The number of likely N-dealkylation sites (N-methyl/N-ethyl adjacent to an activating group) is 1. The Labute approximate surface area is 111 Å². The molecule has 5 unspecified atom stereocenters. The maximum atomic E-state index is 5.90. The molecule has 0 amide bonds.